The number of hydrogen-bond acceptors (Lipinski definition) is 5. The Hall–Kier alpha value is -3.31. The molecule has 0 fully saturated rings. The number of aliphatic hydroxyl groups is 1. The van der Waals surface area contributed by atoms with Crippen molar-refractivity contribution in [1.29, 1.82) is 0 Å². The van der Waals surface area contributed by atoms with Gasteiger partial charge in [-0.25, -0.2) is 0 Å². The highest BCUT2D eigenvalue weighted by Gasteiger charge is 2.31. The van der Waals surface area contributed by atoms with E-state index in [0.29, 0.717) is 17.2 Å². The van der Waals surface area contributed by atoms with E-state index in [9.17, 15) is 5.11 Å². The highest BCUT2D eigenvalue weighted by Crippen LogP contribution is 2.48. The van der Waals surface area contributed by atoms with E-state index in [0.717, 1.165) is 22.0 Å². The van der Waals surface area contributed by atoms with Gasteiger partial charge in [-0.05, 0) is 30.4 Å². The van der Waals surface area contributed by atoms with Gasteiger partial charge >= 0.3 is 0 Å². The quantitative estimate of drug-likeness (QED) is 0.222. The Labute approximate surface area is 229 Å². The summed E-state index contributed by atoms with van der Waals surface area (Å²) in [5.74, 6) is 2.01. The van der Waals surface area contributed by atoms with Crippen LogP contribution in [0.5, 0.6) is 17.2 Å². The van der Waals surface area contributed by atoms with E-state index < -0.39 is 14.2 Å². The zero-order valence-corrected chi connectivity index (χ0v) is 23.4. The fourth-order valence-corrected chi connectivity index (χ4v) is 7.09. The summed E-state index contributed by atoms with van der Waals surface area (Å²) in [6.07, 6.45) is -0.642. The second kappa shape index (κ2) is 13.5. The fourth-order valence-electron chi connectivity index (χ4n) is 4.52. The van der Waals surface area contributed by atoms with Gasteiger partial charge in [0.1, 0.15) is 17.2 Å². The van der Waals surface area contributed by atoms with Crippen molar-refractivity contribution >= 4 is 27.1 Å². The van der Waals surface area contributed by atoms with Crippen molar-refractivity contribution in [3.8, 4) is 28.4 Å². The van der Waals surface area contributed by atoms with Gasteiger partial charge in [-0.1, -0.05) is 84.9 Å². The summed E-state index contributed by atoms with van der Waals surface area (Å²) in [7, 11) is 6.00. The van der Waals surface area contributed by atoms with Crippen molar-refractivity contribution in [3.05, 3.63) is 103 Å². The van der Waals surface area contributed by atoms with Gasteiger partial charge in [0.15, 0.2) is 0 Å². The lowest BCUT2D eigenvalue weighted by molar-refractivity contribution is 0.111. The molecule has 0 spiro atoms. The standard InChI is InChI=1S/C31H34NO4P.B/c1-22(31(33)23-14-8-6-9-15-23)32(2)37(25-16-10-7-11-17-25)29-19-13-12-18-26(29)30-27(35-4)20-24(34-3)21-28(30)36-5;/h6-22,31,33H,1-5H3;/t22-,31-,37-;/m0./s1. The number of ether oxygens (including phenoxy) is 3. The number of hydrogen-bond donors (Lipinski definition) is 1. The van der Waals surface area contributed by atoms with E-state index in [-0.39, 0.29) is 14.5 Å². The molecule has 0 unspecified atom stereocenters. The first-order chi connectivity index (χ1) is 18.0. The van der Waals surface area contributed by atoms with Crippen LogP contribution in [0.4, 0.5) is 0 Å². The molecule has 1 N–H and O–H groups in total. The van der Waals surface area contributed by atoms with E-state index in [4.69, 9.17) is 14.2 Å². The van der Waals surface area contributed by atoms with Crippen LogP contribution in [-0.2, 0) is 0 Å². The van der Waals surface area contributed by atoms with Gasteiger partial charge in [-0.3, -0.25) is 4.67 Å². The summed E-state index contributed by atoms with van der Waals surface area (Å²) in [5, 5.41) is 13.7. The van der Waals surface area contributed by atoms with Crippen molar-refractivity contribution in [3.63, 3.8) is 0 Å². The van der Waals surface area contributed by atoms with Gasteiger partial charge in [0.05, 0.1) is 33.0 Å². The number of nitrogens with zero attached hydrogens (tertiary/aromatic N) is 1. The van der Waals surface area contributed by atoms with Crippen LogP contribution in [0.1, 0.15) is 18.6 Å². The van der Waals surface area contributed by atoms with Gasteiger partial charge in [-0.15, -0.1) is 0 Å². The number of benzene rings is 4. The maximum atomic E-state index is 11.3. The Morgan fingerprint density at radius 2 is 1.26 bits per heavy atom. The minimum Gasteiger partial charge on any atom is -0.496 e. The average Bonchev–Trinajstić information content (AvgIpc) is 2.97. The van der Waals surface area contributed by atoms with Crippen LogP contribution < -0.4 is 24.8 Å². The first-order valence-electron chi connectivity index (χ1n) is 12.2. The smallest absolute Gasteiger partial charge is 0.134 e. The topological polar surface area (TPSA) is 51.2 Å². The van der Waals surface area contributed by atoms with Gasteiger partial charge < -0.3 is 19.3 Å². The van der Waals surface area contributed by atoms with E-state index in [1.165, 1.54) is 5.30 Å². The summed E-state index contributed by atoms with van der Waals surface area (Å²) < 4.78 is 19.4. The number of likely N-dealkylation sites (N-methyl/N-ethyl adjacent to an activating group) is 1. The molecular formula is C31H34BNO4P. The van der Waals surface area contributed by atoms with Gasteiger partial charge in [-0.2, -0.15) is 0 Å². The molecule has 0 saturated heterocycles. The maximum absolute atomic E-state index is 11.3. The lowest BCUT2D eigenvalue weighted by atomic mass is 10.0. The highest BCUT2D eigenvalue weighted by atomic mass is 31.1. The predicted octanol–water partition coefficient (Wildman–Crippen LogP) is 5.40. The van der Waals surface area contributed by atoms with E-state index in [2.05, 4.69) is 61.1 Å². The maximum Gasteiger partial charge on any atom is 0.134 e. The Balaban J connectivity index is 0.00000400. The third kappa shape index (κ3) is 6.05. The van der Waals surface area contributed by atoms with Crippen LogP contribution in [0.15, 0.2) is 97.1 Å². The van der Waals surface area contributed by atoms with Crippen LogP contribution in [-0.4, -0.2) is 52.6 Å². The molecular weight excluding hydrogens is 492 g/mol. The Kier molecular flexibility index (Phi) is 10.4. The largest absolute Gasteiger partial charge is 0.496 e. The van der Waals surface area contributed by atoms with Gasteiger partial charge in [0.25, 0.3) is 0 Å². The molecule has 3 atom stereocenters. The molecule has 4 aromatic rings. The second-order valence-electron chi connectivity index (χ2n) is 8.74. The predicted molar refractivity (Wildman–Crippen MR) is 159 cm³/mol. The monoisotopic (exact) mass is 526 g/mol. The van der Waals surface area contributed by atoms with Crippen molar-refractivity contribution in [2.75, 3.05) is 28.4 Å². The van der Waals surface area contributed by atoms with Crippen LogP contribution in [0.25, 0.3) is 11.1 Å². The molecule has 7 heteroatoms. The third-order valence-corrected chi connectivity index (χ3v) is 9.25. The Morgan fingerprint density at radius 3 is 1.82 bits per heavy atom. The summed E-state index contributed by atoms with van der Waals surface area (Å²) >= 11 is 0. The van der Waals surface area contributed by atoms with Gasteiger partial charge in [0.2, 0.25) is 0 Å². The Bertz CT molecular complexity index is 1280. The molecule has 4 aromatic carbocycles. The van der Waals surface area contributed by atoms with Crippen molar-refractivity contribution in [1.82, 2.24) is 4.67 Å². The number of aliphatic hydroxyl groups excluding tert-OH is 1. The molecule has 0 aliphatic heterocycles. The normalized spacial score (nSPS) is 13.2. The minimum absolute atomic E-state index is 0. The summed E-state index contributed by atoms with van der Waals surface area (Å²) in [4.78, 5) is 0. The van der Waals surface area contributed by atoms with Crippen LogP contribution in [0.2, 0.25) is 0 Å². The zero-order valence-electron chi connectivity index (χ0n) is 22.5. The van der Waals surface area contributed by atoms with Crippen LogP contribution in [0.3, 0.4) is 0 Å². The summed E-state index contributed by atoms with van der Waals surface area (Å²) in [5.41, 5.74) is 2.79. The lowest BCUT2D eigenvalue weighted by Gasteiger charge is -2.37. The Morgan fingerprint density at radius 1 is 0.737 bits per heavy atom. The molecule has 0 aliphatic rings. The third-order valence-electron chi connectivity index (χ3n) is 6.62. The second-order valence-corrected chi connectivity index (χ2v) is 11.0. The SMILES string of the molecule is COc1cc(OC)c(-c2ccccc2[P@](c2ccccc2)N(C)[C@@H](C)[C@H](O)c2ccccc2)c(OC)c1.[B]. The molecule has 0 heterocycles. The molecule has 195 valence electrons. The first kappa shape index (κ1) is 29.3. The lowest BCUT2D eigenvalue weighted by Crippen LogP contribution is -2.36. The van der Waals surface area contributed by atoms with E-state index in [1.54, 1.807) is 21.3 Å². The van der Waals surface area contributed by atoms with Crippen molar-refractivity contribution in [2.45, 2.75) is 19.1 Å². The van der Waals surface area contributed by atoms with Gasteiger partial charge in [0, 0.05) is 40.0 Å². The fraction of sp³-hybridized carbons (Fsp3) is 0.226. The van der Waals surface area contributed by atoms with E-state index >= 15 is 0 Å². The molecule has 4 rings (SSSR count). The van der Waals surface area contributed by atoms with Crippen molar-refractivity contribution < 1.29 is 19.3 Å². The molecule has 5 nitrogen and oxygen atoms in total. The average molecular weight is 526 g/mol. The number of rotatable bonds is 10. The zero-order chi connectivity index (χ0) is 26.4. The molecule has 0 saturated carbocycles. The van der Waals surface area contributed by atoms with Crippen molar-refractivity contribution in [2.24, 2.45) is 0 Å². The summed E-state index contributed by atoms with van der Waals surface area (Å²) in [6, 6.07) is 32.3. The summed E-state index contributed by atoms with van der Waals surface area (Å²) in [6.45, 7) is 2.08. The highest BCUT2D eigenvalue weighted by molar-refractivity contribution is 7.71. The molecule has 0 bridgehead atoms. The first-order valence-corrected chi connectivity index (χ1v) is 13.5. The molecule has 0 aliphatic carbocycles. The van der Waals surface area contributed by atoms with Crippen LogP contribution in [0, 0.1) is 0 Å². The number of methoxy groups -OCH3 is 3. The molecule has 3 radical (unpaired) electrons. The molecule has 0 amide bonds. The van der Waals surface area contributed by atoms with E-state index in [1.807, 2.05) is 54.6 Å². The minimum atomic E-state index is -1.03. The molecule has 0 aromatic heterocycles. The van der Waals surface area contributed by atoms with Crippen LogP contribution >= 0.6 is 8.07 Å². The molecule has 38 heavy (non-hydrogen) atoms.